The van der Waals surface area contributed by atoms with Gasteiger partial charge in [-0.05, 0) is 18.2 Å². The third-order valence-corrected chi connectivity index (χ3v) is 2.11. The number of rotatable bonds is 1. The van der Waals surface area contributed by atoms with E-state index in [-0.39, 0.29) is 17.4 Å². The van der Waals surface area contributed by atoms with Gasteiger partial charge in [-0.25, -0.2) is 4.39 Å². The van der Waals surface area contributed by atoms with Gasteiger partial charge in [-0.3, -0.25) is 0 Å². The molecule has 0 radical (unpaired) electrons. The monoisotopic (exact) mass is 257 g/mol. The first-order valence-electron chi connectivity index (χ1n) is 3.71. The Morgan fingerprint density at radius 3 is 2.79 bits per heavy atom. The van der Waals surface area contributed by atoms with Crippen molar-refractivity contribution in [2.75, 3.05) is 5.73 Å². The molecule has 0 unspecified atom stereocenters. The van der Waals surface area contributed by atoms with Gasteiger partial charge in [0.05, 0.1) is 5.56 Å². The maximum atomic E-state index is 13.4. The van der Waals surface area contributed by atoms with E-state index in [0.29, 0.717) is 4.47 Å². The smallest absolute Gasteiger partial charge is 0.319 e. The Kier molecular flexibility index (Phi) is 2.20. The molecule has 1 aromatic carbocycles. The van der Waals surface area contributed by atoms with Crippen molar-refractivity contribution >= 4 is 21.9 Å². The van der Waals surface area contributed by atoms with E-state index in [1.165, 1.54) is 6.07 Å². The van der Waals surface area contributed by atoms with Gasteiger partial charge in [0, 0.05) is 4.47 Å². The first-order valence-corrected chi connectivity index (χ1v) is 4.51. The van der Waals surface area contributed by atoms with Crippen molar-refractivity contribution in [3.63, 3.8) is 0 Å². The Labute approximate surface area is 87.0 Å². The van der Waals surface area contributed by atoms with Crippen molar-refractivity contribution in [3.8, 4) is 11.4 Å². The summed E-state index contributed by atoms with van der Waals surface area (Å²) in [5.41, 5.74) is 5.48. The van der Waals surface area contributed by atoms with Gasteiger partial charge in [0.15, 0.2) is 0 Å². The van der Waals surface area contributed by atoms with E-state index in [0.717, 1.165) is 0 Å². The molecule has 6 heteroatoms. The Morgan fingerprint density at radius 1 is 1.43 bits per heavy atom. The number of nitrogens with two attached hydrogens (primary N) is 1. The number of anilines is 1. The van der Waals surface area contributed by atoms with Gasteiger partial charge in [-0.2, -0.15) is 4.98 Å². The van der Waals surface area contributed by atoms with Crippen LogP contribution in [0.25, 0.3) is 11.4 Å². The van der Waals surface area contributed by atoms with Crippen LogP contribution in [0, 0.1) is 5.82 Å². The lowest BCUT2D eigenvalue weighted by Crippen LogP contribution is -1.87. The number of benzene rings is 1. The van der Waals surface area contributed by atoms with Crippen molar-refractivity contribution in [1.82, 2.24) is 10.1 Å². The number of hydrogen-bond acceptors (Lipinski definition) is 4. The lowest BCUT2D eigenvalue weighted by atomic mass is 10.2. The molecular formula is C8H5BrFN3O. The van der Waals surface area contributed by atoms with E-state index >= 15 is 0 Å². The highest BCUT2D eigenvalue weighted by molar-refractivity contribution is 9.10. The fraction of sp³-hybridized carbons (Fsp3) is 0. The highest BCUT2D eigenvalue weighted by atomic mass is 79.9. The standard InChI is InChI=1S/C8H5BrFN3O/c9-4-1-2-5(6(10)3-4)7-12-8(11)14-13-7/h1-3H,(H2,11,12,13). The number of nitrogen functional groups attached to an aromatic ring is 1. The molecule has 0 aliphatic rings. The van der Waals surface area contributed by atoms with Crippen molar-refractivity contribution in [1.29, 1.82) is 0 Å². The fourth-order valence-electron chi connectivity index (χ4n) is 1.02. The second-order valence-electron chi connectivity index (χ2n) is 2.58. The van der Waals surface area contributed by atoms with Crippen LogP contribution in [0.15, 0.2) is 27.2 Å². The average Bonchev–Trinajstić information content (AvgIpc) is 2.51. The Morgan fingerprint density at radius 2 is 2.21 bits per heavy atom. The van der Waals surface area contributed by atoms with Crippen LogP contribution in [0.5, 0.6) is 0 Å². The number of aromatic nitrogens is 2. The maximum Gasteiger partial charge on any atom is 0.319 e. The SMILES string of the molecule is Nc1nc(-c2ccc(Br)cc2F)no1. The van der Waals surface area contributed by atoms with Gasteiger partial charge in [0.2, 0.25) is 5.82 Å². The third kappa shape index (κ3) is 1.60. The first-order chi connectivity index (χ1) is 6.66. The van der Waals surface area contributed by atoms with Crippen LogP contribution in [0.1, 0.15) is 0 Å². The zero-order valence-electron chi connectivity index (χ0n) is 6.87. The summed E-state index contributed by atoms with van der Waals surface area (Å²) in [6.45, 7) is 0. The molecule has 0 amide bonds. The van der Waals surface area contributed by atoms with Crippen LogP contribution in [-0.4, -0.2) is 10.1 Å². The maximum absolute atomic E-state index is 13.4. The minimum atomic E-state index is -0.430. The topological polar surface area (TPSA) is 64.9 Å². The van der Waals surface area contributed by atoms with E-state index in [9.17, 15) is 4.39 Å². The molecule has 0 atom stereocenters. The lowest BCUT2D eigenvalue weighted by Gasteiger charge is -1.96. The molecule has 2 aromatic rings. The molecule has 1 heterocycles. The van der Waals surface area contributed by atoms with Gasteiger partial charge < -0.3 is 10.3 Å². The Balaban J connectivity index is 2.52. The van der Waals surface area contributed by atoms with Gasteiger partial charge in [0.25, 0.3) is 0 Å². The average molecular weight is 258 g/mol. The normalized spacial score (nSPS) is 10.4. The van der Waals surface area contributed by atoms with Gasteiger partial charge >= 0.3 is 6.01 Å². The molecule has 0 saturated carbocycles. The van der Waals surface area contributed by atoms with Crippen LogP contribution in [0.2, 0.25) is 0 Å². The molecule has 14 heavy (non-hydrogen) atoms. The predicted octanol–water partition coefficient (Wildman–Crippen LogP) is 2.22. The second-order valence-corrected chi connectivity index (χ2v) is 3.50. The summed E-state index contributed by atoms with van der Waals surface area (Å²) in [6, 6.07) is 4.47. The summed E-state index contributed by atoms with van der Waals surface area (Å²) < 4.78 is 18.5. The summed E-state index contributed by atoms with van der Waals surface area (Å²) in [4.78, 5) is 3.72. The molecule has 0 saturated heterocycles. The lowest BCUT2D eigenvalue weighted by molar-refractivity contribution is 0.436. The molecule has 2 rings (SSSR count). The summed E-state index contributed by atoms with van der Waals surface area (Å²) in [7, 11) is 0. The highest BCUT2D eigenvalue weighted by Crippen LogP contribution is 2.23. The summed E-state index contributed by atoms with van der Waals surface area (Å²) in [5, 5.41) is 3.51. The Hall–Kier alpha value is -1.43. The fourth-order valence-corrected chi connectivity index (χ4v) is 1.35. The molecule has 0 aliphatic carbocycles. The van der Waals surface area contributed by atoms with Crippen molar-refractivity contribution < 1.29 is 8.91 Å². The number of halogens is 2. The second kappa shape index (κ2) is 3.38. The summed E-state index contributed by atoms with van der Waals surface area (Å²) in [6.07, 6.45) is 0. The van der Waals surface area contributed by atoms with Gasteiger partial charge in [-0.15, -0.1) is 0 Å². The Bertz CT molecular complexity index is 471. The van der Waals surface area contributed by atoms with Crippen molar-refractivity contribution in [2.45, 2.75) is 0 Å². The minimum absolute atomic E-state index is 0.0812. The van der Waals surface area contributed by atoms with Crippen LogP contribution in [-0.2, 0) is 0 Å². The highest BCUT2D eigenvalue weighted by Gasteiger charge is 2.11. The molecule has 4 nitrogen and oxygen atoms in total. The molecule has 0 fully saturated rings. The van der Waals surface area contributed by atoms with Crippen LogP contribution in [0.3, 0.4) is 0 Å². The van der Waals surface area contributed by atoms with Gasteiger partial charge in [0.1, 0.15) is 5.82 Å². The van der Waals surface area contributed by atoms with E-state index in [1.807, 2.05) is 0 Å². The quantitative estimate of drug-likeness (QED) is 0.851. The number of hydrogen-bond donors (Lipinski definition) is 1. The molecule has 2 N–H and O–H groups in total. The molecule has 1 aromatic heterocycles. The van der Waals surface area contributed by atoms with E-state index < -0.39 is 5.82 Å². The molecule has 0 aliphatic heterocycles. The van der Waals surface area contributed by atoms with E-state index in [1.54, 1.807) is 12.1 Å². The largest absolute Gasteiger partial charge is 0.351 e. The third-order valence-electron chi connectivity index (χ3n) is 1.61. The van der Waals surface area contributed by atoms with E-state index in [2.05, 4.69) is 30.6 Å². The van der Waals surface area contributed by atoms with Crippen LogP contribution in [0.4, 0.5) is 10.4 Å². The molecule has 0 bridgehead atoms. The predicted molar refractivity (Wildman–Crippen MR) is 51.8 cm³/mol. The molecular weight excluding hydrogens is 253 g/mol. The summed E-state index contributed by atoms with van der Waals surface area (Å²) >= 11 is 3.15. The zero-order valence-corrected chi connectivity index (χ0v) is 8.45. The zero-order chi connectivity index (χ0) is 10.1. The minimum Gasteiger partial charge on any atom is -0.351 e. The van der Waals surface area contributed by atoms with Crippen molar-refractivity contribution in [2.24, 2.45) is 0 Å². The first kappa shape index (κ1) is 9.14. The summed E-state index contributed by atoms with van der Waals surface area (Å²) in [5.74, 6) is -0.285. The van der Waals surface area contributed by atoms with Gasteiger partial charge in [-0.1, -0.05) is 21.1 Å². The van der Waals surface area contributed by atoms with Crippen LogP contribution >= 0.6 is 15.9 Å². The van der Waals surface area contributed by atoms with E-state index in [4.69, 9.17) is 5.73 Å². The van der Waals surface area contributed by atoms with Crippen LogP contribution < -0.4 is 5.73 Å². The molecule has 72 valence electrons. The van der Waals surface area contributed by atoms with Crippen molar-refractivity contribution in [3.05, 3.63) is 28.5 Å². The molecule has 0 spiro atoms. The number of nitrogens with zero attached hydrogens (tertiary/aromatic N) is 2.